The number of allylic oxidation sites excluding steroid dienone is 16. The molecule has 0 saturated carbocycles. The van der Waals surface area contributed by atoms with E-state index in [0.717, 1.165) is 173 Å². The molecule has 0 rings (SSSR count). The number of carbonyl (C=O) groups is 4. The summed E-state index contributed by atoms with van der Waals surface area (Å²) in [5.74, 6) is -2.22. The zero-order chi connectivity index (χ0) is 71.8. The van der Waals surface area contributed by atoms with Gasteiger partial charge in [0.15, 0.2) is 12.2 Å². The van der Waals surface area contributed by atoms with Gasteiger partial charge in [0, 0.05) is 25.7 Å². The summed E-state index contributed by atoms with van der Waals surface area (Å²) in [6.45, 7) is 4.65. The maximum Gasteiger partial charge on any atom is 0.472 e. The van der Waals surface area contributed by atoms with Crippen LogP contribution in [0.2, 0.25) is 0 Å². The van der Waals surface area contributed by atoms with Gasteiger partial charge in [0.05, 0.1) is 26.4 Å². The van der Waals surface area contributed by atoms with Gasteiger partial charge in [0.1, 0.15) is 19.3 Å². The normalized spacial score (nSPS) is 14.5. The van der Waals surface area contributed by atoms with Gasteiger partial charge in [0.2, 0.25) is 0 Å². The molecule has 0 radical (unpaired) electrons. The quantitative estimate of drug-likeness (QED) is 0.0169. The fourth-order valence-electron chi connectivity index (χ4n) is 10.1. The first-order chi connectivity index (χ1) is 47.7. The van der Waals surface area contributed by atoms with Gasteiger partial charge in [-0.3, -0.25) is 37.3 Å². The van der Waals surface area contributed by atoms with Gasteiger partial charge in [-0.25, -0.2) is 9.13 Å². The van der Waals surface area contributed by atoms with Crippen LogP contribution < -0.4 is 0 Å². The van der Waals surface area contributed by atoms with Crippen molar-refractivity contribution in [1.82, 2.24) is 0 Å². The summed E-state index contributed by atoms with van der Waals surface area (Å²) in [5, 5.41) is 10.6. The Morgan fingerprint density at radius 2 is 0.541 bits per heavy atom. The molecule has 0 aromatic heterocycles. The lowest BCUT2D eigenvalue weighted by Gasteiger charge is -2.21. The first-order valence-corrected chi connectivity index (χ1v) is 41.5. The predicted molar refractivity (Wildman–Crippen MR) is 399 cm³/mol. The first kappa shape index (κ1) is 94.0. The summed E-state index contributed by atoms with van der Waals surface area (Å²) < 4.78 is 68.4. The van der Waals surface area contributed by atoms with Gasteiger partial charge >= 0.3 is 39.5 Å². The van der Waals surface area contributed by atoms with Gasteiger partial charge in [-0.15, -0.1) is 0 Å². The third-order valence-corrected chi connectivity index (χ3v) is 17.9. The fraction of sp³-hybridized carbons (Fsp3) is 0.747. The second kappa shape index (κ2) is 71.4. The Kier molecular flexibility index (Phi) is 68.4. The summed E-state index contributed by atoms with van der Waals surface area (Å²) in [5.41, 5.74) is 0. The molecule has 0 bridgehead atoms. The molecule has 5 atom stereocenters. The van der Waals surface area contributed by atoms with E-state index in [-0.39, 0.29) is 25.7 Å². The average molecular weight is 1420 g/mol. The smallest absolute Gasteiger partial charge is 0.462 e. The summed E-state index contributed by atoms with van der Waals surface area (Å²) in [6.07, 6.45) is 74.0. The molecule has 17 nitrogen and oxygen atoms in total. The molecule has 98 heavy (non-hydrogen) atoms. The minimum Gasteiger partial charge on any atom is -0.462 e. The molecule has 0 aromatic rings. The number of phosphoric ester groups is 2. The number of hydrogen-bond acceptors (Lipinski definition) is 15. The van der Waals surface area contributed by atoms with Crippen molar-refractivity contribution in [2.24, 2.45) is 0 Å². The number of rotatable bonds is 72. The van der Waals surface area contributed by atoms with Crippen molar-refractivity contribution < 1.29 is 80.2 Å². The highest BCUT2D eigenvalue weighted by molar-refractivity contribution is 7.47. The van der Waals surface area contributed by atoms with Gasteiger partial charge in [-0.2, -0.15) is 0 Å². The van der Waals surface area contributed by atoms with Crippen LogP contribution in [-0.2, 0) is 65.4 Å². The average Bonchev–Trinajstić information content (AvgIpc) is 0.986. The van der Waals surface area contributed by atoms with Crippen LogP contribution in [0.15, 0.2) is 97.2 Å². The van der Waals surface area contributed by atoms with Crippen molar-refractivity contribution in [3.8, 4) is 0 Å². The molecule has 3 N–H and O–H groups in total. The summed E-state index contributed by atoms with van der Waals surface area (Å²) >= 11 is 0. The molecular formula is C79H138O17P2. The number of aliphatic hydroxyl groups is 1. The van der Waals surface area contributed by atoms with Crippen molar-refractivity contribution in [1.29, 1.82) is 0 Å². The Morgan fingerprint density at radius 1 is 0.296 bits per heavy atom. The molecule has 0 aliphatic rings. The van der Waals surface area contributed by atoms with Crippen LogP contribution >= 0.6 is 15.6 Å². The number of aliphatic hydroxyl groups excluding tert-OH is 1. The fourth-order valence-corrected chi connectivity index (χ4v) is 11.7. The van der Waals surface area contributed by atoms with Crippen molar-refractivity contribution in [2.75, 3.05) is 39.6 Å². The Labute approximate surface area is 595 Å². The van der Waals surface area contributed by atoms with Gasteiger partial charge in [0.25, 0.3) is 0 Å². The second-order valence-electron chi connectivity index (χ2n) is 25.6. The summed E-state index contributed by atoms with van der Waals surface area (Å²) in [6, 6.07) is 0. The SMILES string of the molecule is CC/C=C\C/C=C\C/C=C\C/C=C\CCCCCCC(=O)OCC(COP(=O)(O)OCC(O)COP(=O)(O)OCC(COC(=O)CCCCCCC/C=C\C/C=C\CCCCC)OC(=O)CCCCCCC/C=C\CCCC)OC(=O)CCCCCCC/C=C\CCCCCCCC. The number of ether oxygens (including phenoxy) is 4. The molecule has 0 heterocycles. The van der Waals surface area contributed by atoms with Crippen LogP contribution in [0.3, 0.4) is 0 Å². The molecule has 19 heteroatoms. The lowest BCUT2D eigenvalue weighted by atomic mass is 10.1. The van der Waals surface area contributed by atoms with E-state index in [1.54, 1.807) is 0 Å². The van der Waals surface area contributed by atoms with Crippen molar-refractivity contribution in [3.63, 3.8) is 0 Å². The Hall–Kier alpha value is -4.02. The van der Waals surface area contributed by atoms with Gasteiger partial charge in [-0.1, -0.05) is 253 Å². The van der Waals surface area contributed by atoms with E-state index >= 15 is 0 Å². The number of unbranched alkanes of at least 4 members (excludes halogenated alkanes) is 30. The third kappa shape index (κ3) is 70.4. The molecule has 0 aliphatic carbocycles. The molecular weight excluding hydrogens is 1280 g/mol. The second-order valence-corrected chi connectivity index (χ2v) is 28.5. The lowest BCUT2D eigenvalue weighted by Crippen LogP contribution is -2.30. The van der Waals surface area contributed by atoms with Gasteiger partial charge < -0.3 is 33.8 Å². The zero-order valence-electron chi connectivity index (χ0n) is 61.7. The number of hydrogen-bond donors (Lipinski definition) is 3. The van der Waals surface area contributed by atoms with E-state index in [1.807, 2.05) is 0 Å². The number of carbonyl (C=O) groups excluding carboxylic acids is 4. The molecule has 0 aliphatic heterocycles. The molecule has 0 fully saturated rings. The minimum absolute atomic E-state index is 0.0793. The van der Waals surface area contributed by atoms with Crippen LogP contribution in [0, 0.1) is 0 Å². The standard InChI is InChI=1S/C79H138O17P2/c1-5-9-13-17-21-25-29-32-35-36-39-41-45-48-52-56-60-64-77(82)90-70-75(96-79(84)66-62-58-54-50-46-42-38-34-31-27-23-19-15-11-7-3)72-94-98(87,88)92-68-73(80)67-91-97(85,86)93-71-74(95-78(83)65-61-57-53-49-43-28-24-20-16-12-8-4)69-89-76(81)63-59-55-51-47-44-40-37-33-30-26-22-18-14-10-6-2/h9,13,20-22,24-26,32-35,37-39,41,73-75,80H,5-8,10-12,14-19,23,27-31,36,40,42-72H2,1-4H3,(H,85,86)(H,87,88)/b13-9-,24-20-,25-21-,26-22-,35-32-,37-33-,38-34-,41-39-. The van der Waals surface area contributed by atoms with E-state index < -0.39 is 97.5 Å². The molecule has 0 amide bonds. The molecule has 5 unspecified atom stereocenters. The highest BCUT2D eigenvalue weighted by atomic mass is 31.2. The van der Waals surface area contributed by atoms with Crippen LogP contribution in [-0.4, -0.2) is 96.7 Å². The van der Waals surface area contributed by atoms with E-state index in [2.05, 4.69) is 125 Å². The first-order valence-electron chi connectivity index (χ1n) is 38.5. The molecule has 0 saturated heterocycles. The largest absolute Gasteiger partial charge is 0.472 e. The van der Waals surface area contributed by atoms with E-state index in [1.165, 1.54) is 70.6 Å². The minimum atomic E-state index is -4.98. The number of phosphoric acid groups is 2. The van der Waals surface area contributed by atoms with Crippen molar-refractivity contribution in [3.05, 3.63) is 97.2 Å². The zero-order valence-corrected chi connectivity index (χ0v) is 63.5. The highest BCUT2D eigenvalue weighted by Gasteiger charge is 2.30. The van der Waals surface area contributed by atoms with E-state index in [0.29, 0.717) is 25.7 Å². The van der Waals surface area contributed by atoms with Crippen LogP contribution in [0.1, 0.15) is 323 Å². The van der Waals surface area contributed by atoms with E-state index in [9.17, 15) is 43.2 Å². The van der Waals surface area contributed by atoms with Crippen LogP contribution in [0.4, 0.5) is 0 Å². The monoisotopic (exact) mass is 1420 g/mol. The van der Waals surface area contributed by atoms with Crippen LogP contribution in [0.5, 0.6) is 0 Å². The maximum atomic E-state index is 13.1. The van der Waals surface area contributed by atoms with Gasteiger partial charge in [-0.05, 0) is 141 Å². The molecule has 566 valence electrons. The molecule has 0 spiro atoms. The summed E-state index contributed by atoms with van der Waals surface area (Å²) in [7, 11) is -9.96. The Balaban J connectivity index is 5.36. The van der Waals surface area contributed by atoms with Crippen molar-refractivity contribution in [2.45, 2.75) is 341 Å². The maximum absolute atomic E-state index is 13.1. The Bertz CT molecular complexity index is 2240. The molecule has 0 aromatic carbocycles. The lowest BCUT2D eigenvalue weighted by molar-refractivity contribution is -0.161. The topological polar surface area (TPSA) is 237 Å². The number of esters is 4. The van der Waals surface area contributed by atoms with Crippen molar-refractivity contribution >= 4 is 39.5 Å². The Morgan fingerprint density at radius 3 is 0.878 bits per heavy atom. The van der Waals surface area contributed by atoms with Crippen LogP contribution in [0.25, 0.3) is 0 Å². The third-order valence-electron chi connectivity index (χ3n) is 16.0. The summed E-state index contributed by atoms with van der Waals surface area (Å²) in [4.78, 5) is 72.8. The predicted octanol–water partition coefficient (Wildman–Crippen LogP) is 22.0. The highest BCUT2D eigenvalue weighted by Crippen LogP contribution is 2.45. The van der Waals surface area contributed by atoms with E-state index in [4.69, 9.17) is 37.0 Å².